The van der Waals surface area contributed by atoms with Gasteiger partial charge in [-0.25, -0.2) is 9.78 Å². The molecule has 0 aromatic carbocycles. The molecule has 0 bridgehead atoms. The maximum atomic E-state index is 10.9. The van der Waals surface area contributed by atoms with Crippen molar-refractivity contribution in [1.29, 1.82) is 0 Å². The Morgan fingerprint density at radius 1 is 1.47 bits per heavy atom. The lowest BCUT2D eigenvalue weighted by Gasteiger charge is -2.23. The molecule has 1 aliphatic heterocycles. The minimum atomic E-state index is -1.04. The molecule has 17 heavy (non-hydrogen) atoms. The molecule has 2 heterocycles. The molecule has 0 spiro atoms. The van der Waals surface area contributed by atoms with Crippen molar-refractivity contribution in [2.45, 2.75) is 0 Å². The lowest BCUT2D eigenvalue weighted by Crippen LogP contribution is -2.24. The number of carbonyl (C=O) groups is 1. The van der Waals surface area contributed by atoms with E-state index in [1.165, 1.54) is 12.3 Å². The van der Waals surface area contributed by atoms with Gasteiger partial charge in [0.2, 0.25) is 0 Å². The van der Waals surface area contributed by atoms with E-state index in [4.69, 9.17) is 28.3 Å². The van der Waals surface area contributed by atoms with Crippen LogP contribution < -0.4 is 4.90 Å². The summed E-state index contributed by atoms with van der Waals surface area (Å²) in [7, 11) is 0. The summed E-state index contributed by atoms with van der Waals surface area (Å²) < 4.78 is 0. The standard InChI is InChI=1S/C11H8Cl2N2O2/c12-8-4-7(11(16)17)5-15(6-8)10-9(13)2-1-3-14-10/h1-5H,6H2,(H,16,17). The Kier molecular flexibility index (Phi) is 3.36. The predicted molar refractivity (Wildman–Crippen MR) is 66.2 cm³/mol. The number of hydrogen-bond acceptors (Lipinski definition) is 3. The summed E-state index contributed by atoms with van der Waals surface area (Å²) in [5, 5.41) is 9.81. The molecule has 1 aliphatic rings. The van der Waals surface area contributed by atoms with Crippen LogP contribution in [0.5, 0.6) is 0 Å². The van der Waals surface area contributed by atoms with Crippen LogP contribution in [0.15, 0.2) is 41.2 Å². The molecule has 0 amide bonds. The zero-order chi connectivity index (χ0) is 12.4. The summed E-state index contributed by atoms with van der Waals surface area (Å²) in [5.74, 6) is -0.556. The second-order valence-electron chi connectivity index (χ2n) is 3.42. The fourth-order valence-electron chi connectivity index (χ4n) is 1.47. The van der Waals surface area contributed by atoms with Crippen LogP contribution >= 0.6 is 23.2 Å². The normalized spacial score (nSPS) is 15.3. The van der Waals surface area contributed by atoms with Crippen LogP contribution in [0, 0.1) is 0 Å². The second-order valence-corrected chi connectivity index (χ2v) is 4.31. The van der Waals surface area contributed by atoms with Gasteiger partial charge in [0.25, 0.3) is 0 Å². The van der Waals surface area contributed by atoms with Crippen molar-refractivity contribution in [2.75, 3.05) is 11.4 Å². The molecule has 0 saturated heterocycles. The van der Waals surface area contributed by atoms with Crippen LogP contribution in [0.1, 0.15) is 0 Å². The first-order chi connectivity index (χ1) is 8.08. The number of aliphatic carboxylic acids is 1. The molecular weight excluding hydrogens is 263 g/mol. The molecule has 0 radical (unpaired) electrons. The van der Waals surface area contributed by atoms with E-state index in [-0.39, 0.29) is 5.57 Å². The lowest BCUT2D eigenvalue weighted by molar-refractivity contribution is -0.132. The van der Waals surface area contributed by atoms with E-state index in [9.17, 15) is 4.79 Å². The van der Waals surface area contributed by atoms with Crippen molar-refractivity contribution in [3.8, 4) is 0 Å². The smallest absolute Gasteiger partial charge is 0.337 e. The van der Waals surface area contributed by atoms with Gasteiger partial charge in [0.05, 0.1) is 17.1 Å². The van der Waals surface area contributed by atoms with Crippen LogP contribution in [-0.2, 0) is 4.79 Å². The third-order valence-electron chi connectivity index (χ3n) is 2.19. The maximum absolute atomic E-state index is 10.9. The molecule has 88 valence electrons. The zero-order valence-corrected chi connectivity index (χ0v) is 10.1. The summed E-state index contributed by atoms with van der Waals surface area (Å²) in [4.78, 5) is 16.6. The first-order valence-corrected chi connectivity index (χ1v) is 5.52. The molecule has 1 N–H and O–H groups in total. The van der Waals surface area contributed by atoms with E-state index in [2.05, 4.69) is 4.98 Å². The minimum Gasteiger partial charge on any atom is -0.478 e. The first kappa shape index (κ1) is 12.0. The fourth-order valence-corrected chi connectivity index (χ4v) is 1.95. The molecule has 0 aliphatic carbocycles. The van der Waals surface area contributed by atoms with Crippen LogP contribution in [0.2, 0.25) is 5.02 Å². The highest BCUT2D eigenvalue weighted by atomic mass is 35.5. The van der Waals surface area contributed by atoms with E-state index in [0.717, 1.165) is 0 Å². The van der Waals surface area contributed by atoms with Crippen LogP contribution in [0.3, 0.4) is 0 Å². The Labute approximate surface area is 108 Å². The van der Waals surface area contributed by atoms with E-state index < -0.39 is 5.97 Å². The zero-order valence-electron chi connectivity index (χ0n) is 8.60. The number of pyridine rings is 1. The van der Waals surface area contributed by atoms with Gasteiger partial charge >= 0.3 is 5.97 Å². The number of hydrogen-bond donors (Lipinski definition) is 1. The average Bonchev–Trinajstić information content (AvgIpc) is 2.28. The van der Waals surface area contributed by atoms with Crippen LogP contribution in [0.4, 0.5) is 5.82 Å². The van der Waals surface area contributed by atoms with Gasteiger partial charge < -0.3 is 10.0 Å². The van der Waals surface area contributed by atoms with Gasteiger partial charge in [0, 0.05) is 17.4 Å². The topological polar surface area (TPSA) is 53.4 Å². The number of aromatic nitrogens is 1. The summed E-state index contributed by atoms with van der Waals surface area (Å²) in [6, 6.07) is 3.39. The van der Waals surface area contributed by atoms with Gasteiger partial charge in [-0.05, 0) is 18.2 Å². The molecule has 1 aromatic heterocycles. The van der Waals surface area contributed by atoms with Crippen molar-refractivity contribution in [1.82, 2.24) is 4.98 Å². The van der Waals surface area contributed by atoms with Gasteiger partial charge in [-0.15, -0.1) is 0 Å². The molecule has 0 unspecified atom stereocenters. The maximum Gasteiger partial charge on any atom is 0.337 e. The average molecular weight is 271 g/mol. The third kappa shape index (κ3) is 2.60. The van der Waals surface area contributed by atoms with Gasteiger partial charge in [-0.3, -0.25) is 0 Å². The summed E-state index contributed by atoms with van der Waals surface area (Å²) in [6.45, 7) is 0.356. The van der Waals surface area contributed by atoms with E-state index in [1.54, 1.807) is 23.2 Å². The highest BCUT2D eigenvalue weighted by molar-refractivity contribution is 6.33. The van der Waals surface area contributed by atoms with Crippen molar-refractivity contribution < 1.29 is 9.90 Å². The first-order valence-electron chi connectivity index (χ1n) is 4.76. The van der Waals surface area contributed by atoms with Crippen molar-refractivity contribution in [3.63, 3.8) is 0 Å². The molecule has 0 saturated carbocycles. The molecule has 0 atom stereocenters. The van der Waals surface area contributed by atoms with Gasteiger partial charge in [0.15, 0.2) is 5.82 Å². The molecule has 6 heteroatoms. The number of halogens is 2. The third-order valence-corrected chi connectivity index (χ3v) is 2.71. The van der Waals surface area contributed by atoms with E-state index in [0.29, 0.717) is 22.4 Å². The van der Waals surface area contributed by atoms with E-state index in [1.807, 2.05) is 0 Å². The lowest BCUT2D eigenvalue weighted by atomic mass is 10.2. The predicted octanol–water partition coefficient (Wildman–Crippen LogP) is 2.65. The Bertz CT molecular complexity index is 526. The number of carboxylic acids is 1. The number of anilines is 1. The Balaban J connectivity index is 2.39. The van der Waals surface area contributed by atoms with Crippen LogP contribution in [-0.4, -0.2) is 22.6 Å². The highest BCUT2D eigenvalue weighted by Gasteiger charge is 2.18. The Morgan fingerprint density at radius 2 is 2.24 bits per heavy atom. The number of rotatable bonds is 2. The van der Waals surface area contributed by atoms with Crippen molar-refractivity contribution in [2.24, 2.45) is 0 Å². The van der Waals surface area contributed by atoms with E-state index >= 15 is 0 Å². The largest absolute Gasteiger partial charge is 0.478 e. The fraction of sp³-hybridized carbons (Fsp3) is 0.0909. The van der Waals surface area contributed by atoms with Crippen molar-refractivity contribution in [3.05, 3.63) is 46.2 Å². The highest BCUT2D eigenvalue weighted by Crippen LogP contribution is 2.27. The Hall–Kier alpha value is -1.52. The monoisotopic (exact) mass is 270 g/mol. The Morgan fingerprint density at radius 3 is 2.88 bits per heavy atom. The van der Waals surface area contributed by atoms with Gasteiger partial charge in [-0.1, -0.05) is 23.2 Å². The summed E-state index contributed by atoms with van der Waals surface area (Å²) in [5.41, 5.74) is 0.1000. The van der Waals surface area contributed by atoms with Gasteiger partial charge in [-0.2, -0.15) is 0 Å². The molecule has 4 nitrogen and oxygen atoms in total. The molecule has 0 fully saturated rings. The minimum absolute atomic E-state index is 0.1000. The summed E-state index contributed by atoms with van der Waals surface area (Å²) >= 11 is 11.9. The quantitative estimate of drug-likeness (QED) is 0.898. The summed E-state index contributed by atoms with van der Waals surface area (Å²) in [6.07, 6.45) is 4.46. The second kappa shape index (κ2) is 4.77. The van der Waals surface area contributed by atoms with Crippen LogP contribution in [0.25, 0.3) is 0 Å². The van der Waals surface area contributed by atoms with Gasteiger partial charge in [0.1, 0.15) is 0 Å². The SMILES string of the molecule is O=C(O)C1=CN(c2ncccc2Cl)CC(Cl)=C1. The van der Waals surface area contributed by atoms with Crippen molar-refractivity contribution >= 4 is 35.0 Å². The number of carboxylic acid groups (broad SMARTS) is 1. The molecule has 2 rings (SSSR count). The molecule has 1 aromatic rings. The molecular formula is C11H8Cl2N2O2. The number of nitrogens with zero attached hydrogens (tertiary/aromatic N) is 2.